The molecule has 0 spiro atoms. The second-order valence-electron chi connectivity index (χ2n) is 4.15. The summed E-state index contributed by atoms with van der Waals surface area (Å²) in [6.45, 7) is 0.293. The van der Waals surface area contributed by atoms with Gasteiger partial charge in [0.05, 0.1) is 12.1 Å². The molecule has 0 unspecified atom stereocenters. The van der Waals surface area contributed by atoms with Gasteiger partial charge in [0.2, 0.25) is 0 Å². The minimum absolute atomic E-state index is 0.0187. The molecule has 0 atom stereocenters. The van der Waals surface area contributed by atoms with Crippen molar-refractivity contribution in [1.29, 1.82) is 0 Å². The number of ketones is 1. The van der Waals surface area contributed by atoms with Gasteiger partial charge in [0.1, 0.15) is 0 Å². The Kier molecular flexibility index (Phi) is 4.28. The van der Waals surface area contributed by atoms with Crippen LogP contribution < -0.4 is 0 Å². The molecule has 0 saturated heterocycles. The van der Waals surface area contributed by atoms with Gasteiger partial charge < -0.3 is 4.90 Å². The van der Waals surface area contributed by atoms with Gasteiger partial charge in [0.25, 0.3) is 0 Å². The Morgan fingerprint density at radius 2 is 1.71 bits per heavy atom. The van der Waals surface area contributed by atoms with E-state index in [0.717, 1.165) is 12.1 Å². The monoisotopic (exact) mass is 245 g/mol. The smallest absolute Gasteiger partial charge is 0.302 e. The Morgan fingerprint density at radius 3 is 2.12 bits per heavy atom. The third kappa shape index (κ3) is 4.56. The SMILES string of the molecule is CN(C)CC(=O)Cc1ccc(C(F)(F)F)cc1. The molecular formula is C12H14F3NO. The molecule has 17 heavy (non-hydrogen) atoms. The summed E-state index contributed by atoms with van der Waals surface area (Å²) in [5.74, 6) is -0.0187. The molecule has 1 rings (SSSR count). The van der Waals surface area contributed by atoms with E-state index in [0.29, 0.717) is 12.1 Å². The number of halogens is 3. The number of hydrogen-bond acceptors (Lipinski definition) is 2. The van der Waals surface area contributed by atoms with Crippen LogP contribution in [-0.2, 0) is 17.4 Å². The molecule has 0 aromatic heterocycles. The van der Waals surface area contributed by atoms with Crippen molar-refractivity contribution in [2.75, 3.05) is 20.6 Å². The summed E-state index contributed by atoms with van der Waals surface area (Å²) in [4.78, 5) is 13.2. The van der Waals surface area contributed by atoms with Gasteiger partial charge in [-0.05, 0) is 31.8 Å². The normalized spacial score (nSPS) is 11.9. The fraction of sp³-hybridized carbons (Fsp3) is 0.417. The molecule has 0 heterocycles. The van der Waals surface area contributed by atoms with E-state index in [-0.39, 0.29) is 12.2 Å². The van der Waals surface area contributed by atoms with E-state index in [9.17, 15) is 18.0 Å². The Balaban J connectivity index is 2.66. The Hall–Kier alpha value is -1.36. The molecule has 1 aromatic carbocycles. The highest BCUT2D eigenvalue weighted by Crippen LogP contribution is 2.29. The quantitative estimate of drug-likeness (QED) is 0.811. The van der Waals surface area contributed by atoms with Crippen LogP contribution in [0.2, 0.25) is 0 Å². The lowest BCUT2D eigenvalue weighted by molar-refractivity contribution is -0.137. The van der Waals surface area contributed by atoms with Gasteiger partial charge in [-0.3, -0.25) is 4.79 Å². The zero-order valence-electron chi connectivity index (χ0n) is 9.71. The molecule has 0 aliphatic heterocycles. The van der Waals surface area contributed by atoms with Crippen molar-refractivity contribution in [3.8, 4) is 0 Å². The molecule has 5 heteroatoms. The van der Waals surface area contributed by atoms with E-state index in [1.165, 1.54) is 12.1 Å². The Bertz CT molecular complexity index is 382. The topological polar surface area (TPSA) is 20.3 Å². The number of likely N-dealkylation sites (N-methyl/N-ethyl adjacent to an activating group) is 1. The zero-order valence-corrected chi connectivity index (χ0v) is 9.71. The van der Waals surface area contributed by atoms with Crippen LogP contribution in [0.1, 0.15) is 11.1 Å². The number of rotatable bonds is 4. The van der Waals surface area contributed by atoms with Crippen LogP contribution in [-0.4, -0.2) is 31.3 Å². The van der Waals surface area contributed by atoms with E-state index >= 15 is 0 Å². The third-order valence-corrected chi connectivity index (χ3v) is 2.18. The molecule has 0 aliphatic carbocycles. The molecule has 0 saturated carbocycles. The van der Waals surface area contributed by atoms with E-state index in [2.05, 4.69) is 0 Å². The minimum Gasteiger partial charge on any atom is -0.302 e. The Labute approximate surface area is 98.0 Å². The minimum atomic E-state index is -4.33. The van der Waals surface area contributed by atoms with Gasteiger partial charge >= 0.3 is 6.18 Å². The maximum absolute atomic E-state index is 12.3. The van der Waals surface area contributed by atoms with Gasteiger partial charge in [0.15, 0.2) is 5.78 Å². The first-order valence-corrected chi connectivity index (χ1v) is 5.11. The second kappa shape index (κ2) is 5.31. The molecule has 0 fully saturated rings. The molecule has 0 N–H and O–H groups in total. The van der Waals surface area contributed by atoms with Crippen LogP contribution >= 0.6 is 0 Å². The number of alkyl halides is 3. The van der Waals surface area contributed by atoms with Crippen molar-refractivity contribution >= 4 is 5.78 Å². The number of benzene rings is 1. The lowest BCUT2D eigenvalue weighted by atomic mass is 10.1. The first kappa shape index (κ1) is 13.7. The fourth-order valence-electron chi connectivity index (χ4n) is 1.45. The molecule has 0 bridgehead atoms. The van der Waals surface area contributed by atoms with Gasteiger partial charge in [-0.25, -0.2) is 0 Å². The van der Waals surface area contributed by atoms with Crippen LogP contribution in [0.3, 0.4) is 0 Å². The van der Waals surface area contributed by atoms with Gasteiger partial charge in [0, 0.05) is 6.42 Å². The lowest BCUT2D eigenvalue weighted by Gasteiger charge is -2.09. The standard InChI is InChI=1S/C12H14F3NO/c1-16(2)8-11(17)7-9-3-5-10(6-4-9)12(13,14)15/h3-6H,7-8H2,1-2H3. The summed E-state index contributed by atoms with van der Waals surface area (Å²) in [7, 11) is 3.54. The predicted molar refractivity (Wildman–Crippen MR) is 58.7 cm³/mol. The van der Waals surface area contributed by atoms with Crippen molar-refractivity contribution in [3.05, 3.63) is 35.4 Å². The number of carbonyl (C=O) groups excluding carboxylic acids is 1. The van der Waals surface area contributed by atoms with Crippen LogP contribution in [0.25, 0.3) is 0 Å². The zero-order chi connectivity index (χ0) is 13.1. The van der Waals surface area contributed by atoms with Gasteiger partial charge in [-0.2, -0.15) is 13.2 Å². The molecular weight excluding hydrogens is 231 g/mol. The Morgan fingerprint density at radius 1 is 1.18 bits per heavy atom. The lowest BCUT2D eigenvalue weighted by Crippen LogP contribution is -2.22. The first-order chi connectivity index (χ1) is 7.79. The van der Waals surface area contributed by atoms with Gasteiger partial charge in [-0.1, -0.05) is 12.1 Å². The maximum atomic E-state index is 12.3. The average molecular weight is 245 g/mol. The number of nitrogens with zero attached hydrogens (tertiary/aromatic N) is 1. The van der Waals surface area contributed by atoms with Crippen LogP contribution in [0.4, 0.5) is 13.2 Å². The summed E-state index contributed by atoms with van der Waals surface area (Å²) >= 11 is 0. The number of hydrogen-bond donors (Lipinski definition) is 0. The van der Waals surface area contributed by atoms with E-state index in [1.54, 1.807) is 19.0 Å². The van der Waals surface area contributed by atoms with Gasteiger partial charge in [-0.15, -0.1) is 0 Å². The summed E-state index contributed by atoms with van der Waals surface area (Å²) in [5, 5.41) is 0. The first-order valence-electron chi connectivity index (χ1n) is 5.11. The summed E-state index contributed by atoms with van der Waals surface area (Å²) in [5.41, 5.74) is -0.0915. The molecule has 0 amide bonds. The highest BCUT2D eigenvalue weighted by Gasteiger charge is 2.29. The van der Waals surface area contributed by atoms with Crippen LogP contribution in [0, 0.1) is 0 Å². The molecule has 0 radical (unpaired) electrons. The molecule has 1 aromatic rings. The van der Waals surface area contributed by atoms with Crippen LogP contribution in [0.5, 0.6) is 0 Å². The van der Waals surface area contributed by atoms with Crippen molar-refractivity contribution < 1.29 is 18.0 Å². The summed E-state index contributed by atoms with van der Waals surface area (Å²) in [6.07, 6.45) is -4.16. The molecule has 2 nitrogen and oxygen atoms in total. The molecule has 0 aliphatic rings. The predicted octanol–water partition coefficient (Wildman–Crippen LogP) is 2.38. The van der Waals surface area contributed by atoms with Crippen molar-refractivity contribution in [3.63, 3.8) is 0 Å². The van der Waals surface area contributed by atoms with Crippen LogP contribution in [0.15, 0.2) is 24.3 Å². The molecule has 94 valence electrons. The summed E-state index contributed by atoms with van der Waals surface area (Å²) < 4.78 is 36.8. The summed E-state index contributed by atoms with van der Waals surface area (Å²) in [6, 6.07) is 4.68. The second-order valence-corrected chi connectivity index (χ2v) is 4.15. The van der Waals surface area contributed by atoms with Crippen molar-refractivity contribution in [2.24, 2.45) is 0 Å². The maximum Gasteiger partial charge on any atom is 0.416 e. The van der Waals surface area contributed by atoms with E-state index in [4.69, 9.17) is 0 Å². The number of carbonyl (C=O) groups is 1. The van der Waals surface area contributed by atoms with E-state index in [1.807, 2.05) is 0 Å². The number of Topliss-reactive ketones (excluding diaryl/α,β-unsaturated/α-hetero) is 1. The highest BCUT2D eigenvalue weighted by molar-refractivity contribution is 5.82. The van der Waals surface area contributed by atoms with Crippen molar-refractivity contribution in [2.45, 2.75) is 12.6 Å². The fourth-order valence-corrected chi connectivity index (χ4v) is 1.45. The highest BCUT2D eigenvalue weighted by atomic mass is 19.4. The van der Waals surface area contributed by atoms with E-state index < -0.39 is 11.7 Å². The third-order valence-electron chi connectivity index (χ3n) is 2.18. The van der Waals surface area contributed by atoms with Crippen molar-refractivity contribution in [1.82, 2.24) is 4.90 Å². The average Bonchev–Trinajstić information content (AvgIpc) is 2.15. The largest absolute Gasteiger partial charge is 0.416 e.